The zero-order valence-corrected chi connectivity index (χ0v) is 15.0. The third kappa shape index (κ3) is 3.07. The van der Waals surface area contributed by atoms with E-state index in [-0.39, 0.29) is 11.9 Å². The van der Waals surface area contributed by atoms with Crippen LogP contribution in [0.25, 0.3) is 16.9 Å². The van der Waals surface area contributed by atoms with Crippen molar-refractivity contribution in [1.29, 1.82) is 0 Å². The Kier molecular flexibility index (Phi) is 3.70. The highest BCUT2D eigenvalue weighted by molar-refractivity contribution is 5.81. The second-order valence-electron chi connectivity index (χ2n) is 7.19. The van der Waals surface area contributed by atoms with Gasteiger partial charge in [0.25, 0.3) is 0 Å². The van der Waals surface area contributed by atoms with Gasteiger partial charge in [0.05, 0.1) is 11.0 Å². The molecule has 2 heterocycles. The molecule has 6 heteroatoms. The molecule has 2 N–H and O–H groups in total. The predicted molar refractivity (Wildman–Crippen MR) is 104 cm³/mol. The maximum Gasteiger partial charge on any atom is 0.160 e. The van der Waals surface area contributed by atoms with Crippen molar-refractivity contribution in [3.8, 4) is 5.82 Å². The minimum atomic E-state index is -0.221. The Morgan fingerprint density at radius 2 is 1.96 bits per heavy atom. The lowest BCUT2D eigenvalue weighted by molar-refractivity contribution is 0.626. The number of halogens is 1. The van der Waals surface area contributed by atoms with Gasteiger partial charge in [0.1, 0.15) is 12.1 Å². The van der Waals surface area contributed by atoms with E-state index in [0.29, 0.717) is 5.92 Å². The van der Waals surface area contributed by atoms with Crippen LogP contribution in [0.3, 0.4) is 0 Å². The number of nitrogens with zero attached hydrogens (tertiary/aromatic N) is 3. The average Bonchev–Trinajstić information content (AvgIpc) is 3.26. The molecule has 0 saturated heterocycles. The van der Waals surface area contributed by atoms with Crippen molar-refractivity contribution in [3.63, 3.8) is 0 Å². The third-order valence-corrected chi connectivity index (χ3v) is 5.15. The van der Waals surface area contributed by atoms with Crippen molar-refractivity contribution in [2.75, 3.05) is 5.32 Å². The smallest absolute Gasteiger partial charge is 0.160 e. The van der Waals surface area contributed by atoms with Crippen LogP contribution >= 0.6 is 0 Å². The number of hydrogen-bond donors (Lipinski definition) is 2. The summed E-state index contributed by atoms with van der Waals surface area (Å²) < 4.78 is 15.1. The molecule has 2 aromatic heterocycles. The second-order valence-corrected chi connectivity index (χ2v) is 7.19. The normalized spacial score (nSPS) is 15.2. The van der Waals surface area contributed by atoms with E-state index in [9.17, 15) is 4.39 Å². The summed E-state index contributed by atoms with van der Waals surface area (Å²) in [5.41, 5.74) is 5.14. The van der Waals surface area contributed by atoms with Gasteiger partial charge in [-0.3, -0.25) is 9.67 Å². The number of nitrogens with one attached hydrogen (secondary N) is 2. The van der Waals surface area contributed by atoms with Crippen LogP contribution < -0.4 is 5.32 Å². The van der Waals surface area contributed by atoms with E-state index in [0.717, 1.165) is 28.1 Å². The van der Waals surface area contributed by atoms with E-state index in [1.807, 2.05) is 23.0 Å². The fourth-order valence-electron chi connectivity index (χ4n) is 3.42. The molecule has 0 spiro atoms. The lowest BCUT2D eigenvalue weighted by Gasteiger charge is -2.16. The summed E-state index contributed by atoms with van der Waals surface area (Å²) in [6, 6.07) is 14.8. The van der Waals surface area contributed by atoms with E-state index in [2.05, 4.69) is 39.6 Å². The number of hydrogen-bond acceptors (Lipinski definition) is 3. The Morgan fingerprint density at radius 1 is 1.15 bits per heavy atom. The first-order valence-electron chi connectivity index (χ1n) is 9.22. The monoisotopic (exact) mass is 361 g/mol. The van der Waals surface area contributed by atoms with Gasteiger partial charge in [-0.25, -0.2) is 9.37 Å². The van der Waals surface area contributed by atoms with Gasteiger partial charge >= 0.3 is 0 Å². The van der Waals surface area contributed by atoms with Crippen LogP contribution in [0, 0.1) is 5.82 Å². The summed E-state index contributed by atoms with van der Waals surface area (Å²) in [7, 11) is 0. The number of aromatic amines is 1. The topological polar surface area (TPSA) is 58.5 Å². The molecule has 1 saturated carbocycles. The Balaban J connectivity index is 1.44. The van der Waals surface area contributed by atoms with Gasteiger partial charge < -0.3 is 5.32 Å². The Bertz CT molecular complexity index is 1090. The molecule has 0 unspecified atom stereocenters. The van der Waals surface area contributed by atoms with Crippen molar-refractivity contribution >= 4 is 16.7 Å². The quantitative estimate of drug-likeness (QED) is 0.529. The molecule has 1 atom stereocenters. The maximum atomic E-state index is 13.1. The summed E-state index contributed by atoms with van der Waals surface area (Å²) in [6.45, 7) is 2.06. The van der Waals surface area contributed by atoms with Crippen LogP contribution in [-0.4, -0.2) is 19.7 Å². The number of aromatic nitrogens is 4. The van der Waals surface area contributed by atoms with Crippen LogP contribution in [0.4, 0.5) is 10.1 Å². The molecule has 0 aliphatic heterocycles. The van der Waals surface area contributed by atoms with E-state index < -0.39 is 0 Å². The SMILES string of the molecule is C[C@H](Nc1ccc2ncn(-c3cc(C4CC4)[nH]n3)c2c1)c1ccc(F)cc1. The van der Waals surface area contributed by atoms with Crippen LogP contribution in [0.1, 0.15) is 43.0 Å². The van der Waals surface area contributed by atoms with Gasteiger partial charge in [-0.2, -0.15) is 5.10 Å². The van der Waals surface area contributed by atoms with Gasteiger partial charge in [0.2, 0.25) is 0 Å². The van der Waals surface area contributed by atoms with Gasteiger partial charge in [-0.1, -0.05) is 12.1 Å². The molecule has 5 rings (SSSR count). The first-order valence-corrected chi connectivity index (χ1v) is 9.22. The Morgan fingerprint density at radius 3 is 2.74 bits per heavy atom. The van der Waals surface area contributed by atoms with Gasteiger partial charge in [-0.05, 0) is 55.7 Å². The number of rotatable bonds is 5. The number of fused-ring (bicyclic) bond motifs is 1. The highest BCUT2D eigenvalue weighted by Crippen LogP contribution is 2.39. The molecule has 1 fully saturated rings. The van der Waals surface area contributed by atoms with Gasteiger partial charge in [-0.15, -0.1) is 0 Å². The second kappa shape index (κ2) is 6.23. The molecule has 0 radical (unpaired) electrons. The minimum Gasteiger partial charge on any atom is -0.378 e. The lowest BCUT2D eigenvalue weighted by atomic mass is 10.1. The Labute approximate surface area is 156 Å². The van der Waals surface area contributed by atoms with Crippen LogP contribution in [0.2, 0.25) is 0 Å². The maximum absolute atomic E-state index is 13.1. The summed E-state index contributed by atoms with van der Waals surface area (Å²) in [4.78, 5) is 4.49. The predicted octanol–water partition coefficient (Wildman–Crippen LogP) is 4.94. The first kappa shape index (κ1) is 16.1. The van der Waals surface area contributed by atoms with Crippen LogP contribution in [-0.2, 0) is 0 Å². The standard InChI is InChI=1S/C21H20FN5/c1-13(14-4-6-16(22)7-5-14)24-17-8-9-18-20(10-17)27(12-23-18)21-11-19(25-26-21)15-2-3-15/h4-13,15,24H,2-3H2,1H3,(H,25,26)/t13-/m0/s1. The fraction of sp³-hybridized carbons (Fsp3) is 0.238. The highest BCUT2D eigenvalue weighted by Gasteiger charge is 2.26. The Hall–Kier alpha value is -3.15. The molecule has 0 bridgehead atoms. The van der Waals surface area contributed by atoms with Crippen molar-refractivity contribution in [2.45, 2.75) is 31.7 Å². The van der Waals surface area contributed by atoms with Crippen molar-refractivity contribution in [3.05, 3.63) is 71.9 Å². The van der Waals surface area contributed by atoms with Crippen molar-refractivity contribution < 1.29 is 4.39 Å². The largest absolute Gasteiger partial charge is 0.378 e. The summed E-state index contributed by atoms with van der Waals surface area (Å²) >= 11 is 0. The fourth-order valence-corrected chi connectivity index (χ4v) is 3.42. The average molecular weight is 361 g/mol. The minimum absolute atomic E-state index is 0.0614. The van der Waals surface area contributed by atoms with Gasteiger partial charge in [0, 0.05) is 29.4 Å². The number of imidazole rings is 1. The zero-order chi connectivity index (χ0) is 18.4. The third-order valence-electron chi connectivity index (χ3n) is 5.15. The number of H-pyrrole nitrogens is 1. The van der Waals surface area contributed by atoms with Crippen LogP contribution in [0.15, 0.2) is 54.9 Å². The van der Waals surface area contributed by atoms with E-state index in [1.54, 1.807) is 12.1 Å². The first-order chi connectivity index (χ1) is 13.2. The molecule has 27 heavy (non-hydrogen) atoms. The van der Waals surface area contributed by atoms with E-state index in [4.69, 9.17) is 0 Å². The summed E-state index contributed by atoms with van der Waals surface area (Å²) in [6.07, 6.45) is 4.29. The molecule has 1 aliphatic carbocycles. The number of benzene rings is 2. The zero-order valence-electron chi connectivity index (χ0n) is 15.0. The highest BCUT2D eigenvalue weighted by atomic mass is 19.1. The molecular weight excluding hydrogens is 341 g/mol. The summed E-state index contributed by atoms with van der Waals surface area (Å²) in [5, 5.41) is 11.1. The van der Waals surface area contributed by atoms with Crippen molar-refractivity contribution in [1.82, 2.24) is 19.7 Å². The molecule has 4 aromatic rings. The number of anilines is 1. The van der Waals surface area contributed by atoms with E-state index >= 15 is 0 Å². The summed E-state index contributed by atoms with van der Waals surface area (Å²) in [5.74, 6) is 1.28. The van der Waals surface area contributed by atoms with Gasteiger partial charge in [0.15, 0.2) is 5.82 Å². The molecule has 136 valence electrons. The molecule has 0 amide bonds. The van der Waals surface area contributed by atoms with E-state index in [1.165, 1.54) is 30.7 Å². The molecular formula is C21H20FN5. The molecule has 2 aromatic carbocycles. The lowest BCUT2D eigenvalue weighted by Crippen LogP contribution is -2.06. The molecule has 5 nitrogen and oxygen atoms in total. The van der Waals surface area contributed by atoms with Crippen LogP contribution in [0.5, 0.6) is 0 Å². The van der Waals surface area contributed by atoms with Crippen molar-refractivity contribution in [2.24, 2.45) is 0 Å². The molecule has 1 aliphatic rings.